The third kappa shape index (κ3) is 2.92. The van der Waals surface area contributed by atoms with E-state index in [0.717, 1.165) is 18.7 Å². The second kappa shape index (κ2) is 5.13. The third-order valence-electron chi connectivity index (χ3n) is 3.53. The fourth-order valence-corrected chi connectivity index (χ4v) is 2.41. The lowest BCUT2D eigenvalue weighted by Crippen LogP contribution is -2.29. The van der Waals surface area contributed by atoms with Crippen molar-refractivity contribution in [2.45, 2.75) is 40.0 Å². The number of carbonyl (C=O) groups excluding carboxylic acids is 1. The first kappa shape index (κ1) is 13.1. The van der Waals surface area contributed by atoms with Crippen molar-refractivity contribution in [2.24, 2.45) is 5.41 Å². The van der Waals surface area contributed by atoms with Crippen LogP contribution in [0.15, 0.2) is 24.3 Å². The number of hydrogen-bond acceptors (Lipinski definition) is 2. The van der Waals surface area contributed by atoms with Gasteiger partial charge in [-0.05, 0) is 43.5 Å². The van der Waals surface area contributed by atoms with Crippen molar-refractivity contribution in [2.75, 3.05) is 18.0 Å². The Morgan fingerprint density at radius 2 is 1.56 bits per heavy atom. The molecule has 18 heavy (non-hydrogen) atoms. The number of benzene rings is 1. The van der Waals surface area contributed by atoms with Gasteiger partial charge in [0.2, 0.25) is 0 Å². The van der Waals surface area contributed by atoms with Gasteiger partial charge in [-0.25, -0.2) is 0 Å². The van der Waals surface area contributed by atoms with Crippen LogP contribution in [0, 0.1) is 5.41 Å². The van der Waals surface area contributed by atoms with Crippen molar-refractivity contribution < 1.29 is 4.79 Å². The summed E-state index contributed by atoms with van der Waals surface area (Å²) in [6.07, 6.45) is 3.91. The molecule has 0 saturated carbocycles. The van der Waals surface area contributed by atoms with Crippen LogP contribution in [0.2, 0.25) is 0 Å². The topological polar surface area (TPSA) is 20.3 Å². The van der Waals surface area contributed by atoms with E-state index in [9.17, 15) is 4.79 Å². The van der Waals surface area contributed by atoms with Gasteiger partial charge in [0.15, 0.2) is 5.78 Å². The largest absolute Gasteiger partial charge is 0.372 e. The van der Waals surface area contributed by atoms with Gasteiger partial charge in [0.25, 0.3) is 0 Å². The summed E-state index contributed by atoms with van der Waals surface area (Å²) in [7, 11) is 0. The minimum absolute atomic E-state index is 0.215. The minimum atomic E-state index is -0.299. The molecule has 0 aromatic heterocycles. The molecule has 0 spiro atoms. The first-order valence-corrected chi connectivity index (χ1v) is 6.88. The Kier molecular flexibility index (Phi) is 3.74. The predicted molar refractivity (Wildman–Crippen MR) is 76.3 cm³/mol. The summed E-state index contributed by atoms with van der Waals surface area (Å²) in [5.41, 5.74) is 1.77. The molecule has 1 aromatic rings. The summed E-state index contributed by atoms with van der Waals surface area (Å²) in [5.74, 6) is 0.215. The molecule has 1 heterocycles. The van der Waals surface area contributed by atoms with Crippen molar-refractivity contribution >= 4 is 11.5 Å². The minimum Gasteiger partial charge on any atom is -0.372 e. The molecule has 0 radical (unpaired) electrons. The quantitative estimate of drug-likeness (QED) is 0.736. The number of ketones is 1. The van der Waals surface area contributed by atoms with E-state index in [-0.39, 0.29) is 11.2 Å². The zero-order valence-electron chi connectivity index (χ0n) is 11.7. The summed E-state index contributed by atoms with van der Waals surface area (Å²) in [4.78, 5) is 14.6. The lowest BCUT2D eigenvalue weighted by molar-refractivity contribution is 0.0858. The number of piperidine rings is 1. The normalized spacial score (nSPS) is 16.7. The standard InChI is InChI=1S/C16H23NO/c1-16(2,3)15(18)13-7-9-14(10-8-13)17-11-5-4-6-12-17/h7-10H,4-6,11-12H2,1-3H3. The molecule has 0 amide bonds. The first-order chi connectivity index (χ1) is 8.48. The van der Waals surface area contributed by atoms with E-state index in [2.05, 4.69) is 17.0 Å². The second-order valence-corrected chi connectivity index (χ2v) is 6.17. The monoisotopic (exact) mass is 245 g/mol. The van der Waals surface area contributed by atoms with Gasteiger partial charge in [0.1, 0.15) is 0 Å². The highest BCUT2D eigenvalue weighted by molar-refractivity contribution is 6.00. The average Bonchev–Trinajstić information content (AvgIpc) is 2.38. The predicted octanol–water partition coefficient (Wildman–Crippen LogP) is 3.91. The van der Waals surface area contributed by atoms with Crippen LogP contribution in [0.3, 0.4) is 0 Å². The maximum absolute atomic E-state index is 12.1. The van der Waals surface area contributed by atoms with Crippen molar-refractivity contribution in [3.63, 3.8) is 0 Å². The van der Waals surface area contributed by atoms with Gasteiger partial charge in [-0.15, -0.1) is 0 Å². The summed E-state index contributed by atoms with van der Waals surface area (Å²) < 4.78 is 0. The molecule has 98 valence electrons. The maximum atomic E-state index is 12.1. The van der Waals surface area contributed by atoms with E-state index in [1.54, 1.807) is 0 Å². The first-order valence-electron chi connectivity index (χ1n) is 6.88. The van der Waals surface area contributed by atoms with E-state index in [1.807, 2.05) is 32.9 Å². The summed E-state index contributed by atoms with van der Waals surface area (Å²) in [6, 6.07) is 8.11. The fourth-order valence-electron chi connectivity index (χ4n) is 2.41. The lowest BCUT2D eigenvalue weighted by Gasteiger charge is -2.29. The van der Waals surface area contributed by atoms with Crippen LogP contribution in [-0.2, 0) is 0 Å². The van der Waals surface area contributed by atoms with Crippen molar-refractivity contribution in [3.05, 3.63) is 29.8 Å². The van der Waals surface area contributed by atoms with Crippen LogP contribution >= 0.6 is 0 Å². The van der Waals surface area contributed by atoms with E-state index in [1.165, 1.54) is 24.9 Å². The summed E-state index contributed by atoms with van der Waals surface area (Å²) in [6.45, 7) is 8.19. The highest BCUT2D eigenvalue weighted by Crippen LogP contribution is 2.24. The molecule has 2 nitrogen and oxygen atoms in total. The SMILES string of the molecule is CC(C)(C)C(=O)c1ccc(N2CCCCC2)cc1. The summed E-state index contributed by atoms with van der Waals surface area (Å²) in [5, 5.41) is 0. The zero-order chi connectivity index (χ0) is 13.2. The van der Waals surface area contributed by atoms with Gasteiger partial charge in [0.05, 0.1) is 0 Å². The Morgan fingerprint density at radius 3 is 2.06 bits per heavy atom. The van der Waals surface area contributed by atoms with Gasteiger partial charge < -0.3 is 4.90 Å². The molecule has 1 aliphatic heterocycles. The molecule has 0 bridgehead atoms. The lowest BCUT2D eigenvalue weighted by atomic mass is 9.86. The van der Waals surface area contributed by atoms with Crippen LogP contribution < -0.4 is 4.90 Å². The molecule has 0 aliphatic carbocycles. The molecule has 1 saturated heterocycles. The number of Topliss-reactive ketones (excluding diaryl/α,β-unsaturated/α-hetero) is 1. The zero-order valence-corrected chi connectivity index (χ0v) is 11.7. The number of rotatable bonds is 2. The molecule has 1 aromatic carbocycles. The Balaban J connectivity index is 2.12. The molecule has 0 N–H and O–H groups in total. The maximum Gasteiger partial charge on any atom is 0.168 e. The second-order valence-electron chi connectivity index (χ2n) is 6.17. The van der Waals surface area contributed by atoms with E-state index < -0.39 is 0 Å². The molecule has 1 fully saturated rings. The number of carbonyl (C=O) groups is 1. The Labute approximate surface area is 110 Å². The van der Waals surface area contributed by atoms with E-state index in [0.29, 0.717) is 0 Å². The molecule has 1 aliphatic rings. The molecule has 0 atom stereocenters. The van der Waals surface area contributed by atoms with Crippen molar-refractivity contribution in [1.82, 2.24) is 0 Å². The average molecular weight is 245 g/mol. The molecular weight excluding hydrogens is 222 g/mol. The van der Waals surface area contributed by atoms with Crippen LogP contribution in [0.1, 0.15) is 50.4 Å². The van der Waals surface area contributed by atoms with Gasteiger partial charge in [-0.1, -0.05) is 20.8 Å². The van der Waals surface area contributed by atoms with Crippen LogP contribution in [-0.4, -0.2) is 18.9 Å². The van der Waals surface area contributed by atoms with Crippen molar-refractivity contribution in [3.8, 4) is 0 Å². The highest BCUT2D eigenvalue weighted by atomic mass is 16.1. The molecule has 2 rings (SSSR count). The highest BCUT2D eigenvalue weighted by Gasteiger charge is 2.22. The van der Waals surface area contributed by atoms with Crippen LogP contribution in [0.5, 0.6) is 0 Å². The summed E-state index contributed by atoms with van der Waals surface area (Å²) >= 11 is 0. The van der Waals surface area contributed by atoms with Gasteiger partial charge in [-0.2, -0.15) is 0 Å². The Morgan fingerprint density at radius 1 is 1.00 bits per heavy atom. The van der Waals surface area contributed by atoms with E-state index in [4.69, 9.17) is 0 Å². The van der Waals surface area contributed by atoms with Gasteiger partial charge in [-0.3, -0.25) is 4.79 Å². The molecule has 2 heteroatoms. The smallest absolute Gasteiger partial charge is 0.168 e. The van der Waals surface area contributed by atoms with Crippen LogP contribution in [0.25, 0.3) is 0 Å². The Hall–Kier alpha value is -1.31. The van der Waals surface area contributed by atoms with Crippen molar-refractivity contribution in [1.29, 1.82) is 0 Å². The van der Waals surface area contributed by atoms with E-state index >= 15 is 0 Å². The van der Waals surface area contributed by atoms with Gasteiger partial charge in [0, 0.05) is 29.8 Å². The Bertz CT molecular complexity index is 408. The van der Waals surface area contributed by atoms with Gasteiger partial charge >= 0.3 is 0 Å². The molecule has 0 unspecified atom stereocenters. The number of anilines is 1. The number of hydrogen-bond donors (Lipinski definition) is 0. The molecular formula is C16H23NO. The fraction of sp³-hybridized carbons (Fsp3) is 0.562. The van der Waals surface area contributed by atoms with Crippen LogP contribution in [0.4, 0.5) is 5.69 Å². The number of nitrogens with zero attached hydrogens (tertiary/aromatic N) is 1. The third-order valence-corrected chi connectivity index (χ3v) is 3.53.